The Bertz CT molecular complexity index is 990. The molecule has 0 saturated heterocycles. The number of amides is 1. The van der Waals surface area contributed by atoms with Crippen LogP contribution in [0.15, 0.2) is 36.5 Å². The van der Waals surface area contributed by atoms with Crippen molar-refractivity contribution in [2.45, 2.75) is 6.92 Å². The highest BCUT2D eigenvalue weighted by Crippen LogP contribution is 2.19. The number of rotatable bonds is 4. The van der Waals surface area contributed by atoms with Crippen LogP contribution in [0, 0.1) is 11.3 Å². The minimum atomic E-state index is -0.673. The summed E-state index contributed by atoms with van der Waals surface area (Å²) in [6, 6.07) is 10.3. The summed E-state index contributed by atoms with van der Waals surface area (Å²) in [5, 5.41) is 19.2. The number of esters is 1. The first-order valence-corrected chi connectivity index (χ1v) is 7.33. The van der Waals surface area contributed by atoms with Gasteiger partial charge < -0.3 is 10.1 Å². The van der Waals surface area contributed by atoms with Gasteiger partial charge in [0.1, 0.15) is 11.6 Å². The van der Waals surface area contributed by atoms with E-state index < -0.39 is 11.9 Å². The van der Waals surface area contributed by atoms with Crippen molar-refractivity contribution in [2.75, 3.05) is 11.9 Å². The van der Waals surface area contributed by atoms with E-state index in [-0.39, 0.29) is 29.3 Å². The highest BCUT2D eigenvalue weighted by Gasteiger charge is 2.20. The first-order chi connectivity index (χ1) is 12.1. The minimum absolute atomic E-state index is 0.000885. The second-order valence-electron chi connectivity index (χ2n) is 4.86. The predicted octanol–water partition coefficient (Wildman–Crippen LogP) is 1.42. The third-order valence-corrected chi connectivity index (χ3v) is 3.25. The van der Waals surface area contributed by atoms with E-state index in [0.717, 1.165) is 0 Å². The monoisotopic (exact) mass is 336 g/mol. The van der Waals surface area contributed by atoms with Gasteiger partial charge in [-0.1, -0.05) is 23.4 Å². The van der Waals surface area contributed by atoms with Crippen molar-refractivity contribution >= 4 is 23.2 Å². The van der Waals surface area contributed by atoms with Gasteiger partial charge >= 0.3 is 5.97 Å². The van der Waals surface area contributed by atoms with E-state index in [1.54, 1.807) is 37.3 Å². The molecule has 3 aromatic rings. The largest absolute Gasteiger partial charge is 0.461 e. The molecule has 1 N–H and O–H groups in total. The summed E-state index contributed by atoms with van der Waals surface area (Å²) in [4.78, 5) is 28.4. The molecular weight excluding hydrogens is 324 g/mol. The molecule has 0 unspecified atom stereocenters. The SMILES string of the molecule is CCOC(=O)c1cn2nnc(C#N)c2c(NC(=O)c2ccccc2)n1. The van der Waals surface area contributed by atoms with Crippen molar-refractivity contribution in [3.63, 3.8) is 0 Å². The van der Waals surface area contributed by atoms with Crippen LogP contribution in [0.5, 0.6) is 0 Å². The van der Waals surface area contributed by atoms with E-state index in [2.05, 4.69) is 20.6 Å². The molecule has 25 heavy (non-hydrogen) atoms. The van der Waals surface area contributed by atoms with Crippen molar-refractivity contribution in [1.29, 1.82) is 5.26 Å². The molecule has 0 bridgehead atoms. The Kier molecular flexibility index (Phi) is 4.34. The van der Waals surface area contributed by atoms with Crippen molar-refractivity contribution in [1.82, 2.24) is 19.8 Å². The Morgan fingerprint density at radius 2 is 2.08 bits per heavy atom. The number of nitriles is 1. The lowest BCUT2D eigenvalue weighted by Crippen LogP contribution is -2.17. The topological polar surface area (TPSA) is 122 Å². The Hall–Kier alpha value is -3.80. The fourth-order valence-electron chi connectivity index (χ4n) is 2.16. The summed E-state index contributed by atoms with van der Waals surface area (Å²) in [6.07, 6.45) is 1.29. The maximum atomic E-state index is 12.4. The standard InChI is InChI=1S/C16H12N6O3/c1-2-25-16(24)12-9-22-13(11(8-17)20-21-22)14(18-12)19-15(23)10-6-4-3-5-7-10/h3-7,9H,2H2,1H3,(H,18,19,23). The number of nitrogens with zero attached hydrogens (tertiary/aromatic N) is 5. The third-order valence-electron chi connectivity index (χ3n) is 3.25. The number of hydrogen-bond acceptors (Lipinski definition) is 7. The molecule has 0 aliphatic carbocycles. The van der Waals surface area contributed by atoms with Gasteiger partial charge in [-0.25, -0.2) is 14.3 Å². The molecule has 9 nitrogen and oxygen atoms in total. The van der Waals surface area contributed by atoms with Crippen molar-refractivity contribution in [2.24, 2.45) is 0 Å². The molecule has 0 fully saturated rings. The van der Waals surface area contributed by atoms with Crippen LogP contribution in [0.25, 0.3) is 5.52 Å². The Morgan fingerprint density at radius 1 is 1.32 bits per heavy atom. The number of fused-ring (bicyclic) bond motifs is 1. The summed E-state index contributed by atoms with van der Waals surface area (Å²) < 4.78 is 6.12. The second-order valence-corrected chi connectivity index (χ2v) is 4.86. The maximum absolute atomic E-state index is 12.4. The van der Waals surface area contributed by atoms with Gasteiger partial charge in [-0.15, -0.1) is 5.10 Å². The molecule has 0 aliphatic rings. The van der Waals surface area contributed by atoms with Crippen LogP contribution in [0.3, 0.4) is 0 Å². The van der Waals surface area contributed by atoms with Gasteiger partial charge in [0, 0.05) is 5.56 Å². The zero-order valence-electron chi connectivity index (χ0n) is 13.1. The fourth-order valence-corrected chi connectivity index (χ4v) is 2.16. The molecule has 1 amide bonds. The average Bonchev–Trinajstić information content (AvgIpc) is 3.06. The van der Waals surface area contributed by atoms with E-state index in [1.807, 2.05) is 6.07 Å². The van der Waals surface area contributed by atoms with Crippen LogP contribution in [0.1, 0.15) is 33.5 Å². The lowest BCUT2D eigenvalue weighted by Gasteiger charge is -2.08. The maximum Gasteiger partial charge on any atom is 0.358 e. The molecular formula is C16H12N6O3. The summed E-state index contributed by atoms with van der Waals surface area (Å²) in [6.45, 7) is 1.84. The number of carbonyl (C=O) groups excluding carboxylic acids is 2. The van der Waals surface area contributed by atoms with Crippen LogP contribution < -0.4 is 5.32 Å². The van der Waals surface area contributed by atoms with E-state index in [9.17, 15) is 9.59 Å². The lowest BCUT2D eigenvalue weighted by atomic mass is 10.2. The number of nitrogens with one attached hydrogen (secondary N) is 1. The molecule has 0 saturated carbocycles. The quantitative estimate of drug-likeness (QED) is 0.715. The summed E-state index contributed by atoms with van der Waals surface area (Å²) in [5.74, 6) is -1.12. The lowest BCUT2D eigenvalue weighted by molar-refractivity contribution is 0.0518. The van der Waals surface area contributed by atoms with Crippen molar-refractivity contribution in [3.05, 3.63) is 53.5 Å². The van der Waals surface area contributed by atoms with Gasteiger partial charge in [0.15, 0.2) is 17.2 Å². The molecule has 0 spiro atoms. The Balaban J connectivity index is 2.08. The molecule has 0 aliphatic heterocycles. The molecule has 1 aromatic carbocycles. The third kappa shape index (κ3) is 3.13. The molecule has 0 radical (unpaired) electrons. The van der Waals surface area contributed by atoms with Gasteiger partial charge in [0.2, 0.25) is 0 Å². The highest BCUT2D eigenvalue weighted by atomic mass is 16.5. The van der Waals surface area contributed by atoms with Crippen LogP contribution in [0.2, 0.25) is 0 Å². The molecule has 124 valence electrons. The summed E-state index contributed by atoms with van der Waals surface area (Å²) in [5.41, 5.74) is 0.508. The molecule has 2 aromatic heterocycles. The molecule has 2 heterocycles. The highest BCUT2D eigenvalue weighted by molar-refractivity contribution is 6.06. The number of hydrogen-bond donors (Lipinski definition) is 1. The van der Waals surface area contributed by atoms with Gasteiger partial charge in [0.05, 0.1) is 12.8 Å². The Labute approximate surface area is 141 Å². The number of carbonyl (C=O) groups is 2. The number of ether oxygens (including phenoxy) is 1. The van der Waals surface area contributed by atoms with Crippen LogP contribution >= 0.6 is 0 Å². The zero-order chi connectivity index (χ0) is 17.8. The normalized spacial score (nSPS) is 10.2. The Morgan fingerprint density at radius 3 is 2.76 bits per heavy atom. The van der Waals surface area contributed by atoms with Crippen LogP contribution in [-0.2, 0) is 4.74 Å². The van der Waals surface area contributed by atoms with Gasteiger partial charge in [-0.05, 0) is 19.1 Å². The fraction of sp³-hybridized carbons (Fsp3) is 0.125. The van der Waals surface area contributed by atoms with Crippen LogP contribution in [-0.4, -0.2) is 38.3 Å². The van der Waals surface area contributed by atoms with Crippen LogP contribution in [0.4, 0.5) is 5.82 Å². The van der Waals surface area contributed by atoms with E-state index >= 15 is 0 Å². The zero-order valence-corrected chi connectivity index (χ0v) is 13.1. The smallest absolute Gasteiger partial charge is 0.358 e. The van der Waals surface area contributed by atoms with E-state index in [1.165, 1.54) is 10.7 Å². The first kappa shape index (κ1) is 16.1. The van der Waals surface area contributed by atoms with Gasteiger partial charge in [0.25, 0.3) is 5.91 Å². The first-order valence-electron chi connectivity index (χ1n) is 7.33. The molecule has 9 heteroatoms. The number of aromatic nitrogens is 4. The second kappa shape index (κ2) is 6.76. The minimum Gasteiger partial charge on any atom is -0.461 e. The summed E-state index contributed by atoms with van der Waals surface area (Å²) >= 11 is 0. The summed E-state index contributed by atoms with van der Waals surface area (Å²) in [7, 11) is 0. The van der Waals surface area contributed by atoms with Crippen molar-refractivity contribution < 1.29 is 14.3 Å². The number of anilines is 1. The number of benzene rings is 1. The van der Waals surface area contributed by atoms with E-state index in [0.29, 0.717) is 5.56 Å². The van der Waals surface area contributed by atoms with Crippen molar-refractivity contribution in [3.8, 4) is 6.07 Å². The average molecular weight is 336 g/mol. The van der Waals surface area contributed by atoms with Gasteiger partial charge in [-0.2, -0.15) is 5.26 Å². The predicted molar refractivity (Wildman–Crippen MR) is 85.8 cm³/mol. The van der Waals surface area contributed by atoms with Gasteiger partial charge in [-0.3, -0.25) is 4.79 Å². The van der Waals surface area contributed by atoms with E-state index in [4.69, 9.17) is 10.00 Å². The molecule has 3 rings (SSSR count). The molecule has 0 atom stereocenters.